The van der Waals surface area contributed by atoms with Crippen LogP contribution >= 0.6 is 0 Å². The first-order valence-corrected chi connectivity index (χ1v) is 8.75. The molecule has 0 aromatic heterocycles. The van der Waals surface area contributed by atoms with Crippen molar-refractivity contribution in [2.45, 2.75) is 25.6 Å². The molecular formula is C20H22N2O6. The van der Waals surface area contributed by atoms with Crippen LogP contribution in [0.25, 0.3) is 0 Å². The van der Waals surface area contributed by atoms with Crippen LogP contribution in [0.2, 0.25) is 0 Å². The maximum absolute atomic E-state index is 12.7. The van der Waals surface area contributed by atoms with Crippen LogP contribution in [0.1, 0.15) is 22.8 Å². The van der Waals surface area contributed by atoms with E-state index in [1.54, 1.807) is 25.1 Å². The summed E-state index contributed by atoms with van der Waals surface area (Å²) >= 11 is 0. The van der Waals surface area contributed by atoms with Crippen LogP contribution in [0.15, 0.2) is 48.5 Å². The normalized spacial score (nSPS) is 18.4. The van der Waals surface area contributed by atoms with Gasteiger partial charge in [-0.1, -0.05) is 36.4 Å². The minimum atomic E-state index is -0.734. The van der Waals surface area contributed by atoms with E-state index in [-0.39, 0.29) is 12.2 Å². The second kappa shape index (κ2) is 8.73. The topological polar surface area (TPSA) is 86.3 Å². The maximum Gasteiger partial charge on any atom is 0.273 e. The highest BCUT2D eigenvalue weighted by atomic mass is 17.3. The molecule has 1 N–H and O–H groups in total. The van der Waals surface area contributed by atoms with Crippen LogP contribution in [0.5, 0.6) is 11.5 Å². The Labute approximate surface area is 162 Å². The number of ether oxygens (including phenoxy) is 2. The molecule has 0 radical (unpaired) electrons. The largest absolute Gasteiger partial charge is 0.496 e. The molecule has 2 aromatic carbocycles. The molecule has 28 heavy (non-hydrogen) atoms. The molecule has 2 aromatic rings. The van der Waals surface area contributed by atoms with Gasteiger partial charge < -0.3 is 14.8 Å². The van der Waals surface area contributed by atoms with Crippen molar-refractivity contribution in [1.82, 2.24) is 10.4 Å². The predicted octanol–water partition coefficient (Wildman–Crippen LogP) is 2.10. The van der Waals surface area contributed by atoms with Gasteiger partial charge in [0.15, 0.2) is 0 Å². The molecule has 2 amide bonds. The Balaban J connectivity index is 1.58. The number of carbonyl (C=O) groups excluding carboxylic acids is 2. The SMILES string of the molecule is COc1cccc(OC)c1C(=O)N[C@@H]1C(=O)N(OOCc2ccccc2)[C@H]1C. The molecule has 2 atom stereocenters. The van der Waals surface area contributed by atoms with E-state index in [0.717, 1.165) is 10.6 Å². The number of nitrogens with one attached hydrogen (secondary N) is 1. The average molecular weight is 386 g/mol. The Hall–Kier alpha value is -3.10. The Bertz CT molecular complexity index is 820. The lowest BCUT2D eigenvalue weighted by Gasteiger charge is -2.42. The van der Waals surface area contributed by atoms with Crippen molar-refractivity contribution >= 4 is 11.8 Å². The summed E-state index contributed by atoms with van der Waals surface area (Å²) in [7, 11) is 2.92. The molecule has 0 saturated carbocycles. The first-order chi connectivity index (χ1) is 13.6. The fourth-order valence-electron chi connectivity index (χ4n) is 2.90. The van der Waals surface area contributed by atoms with Gasteiger partial charge in [-0.2, -0.15) is 5.06 Å². The third-order valence-electron chi connectivity index (χ3n) is 4.48. The highest BCUT2D eigenvalue weighted by Gasteiger charge is 2.48. The number of methoxy groups -OCH3 is 2. The summed E-state index contributed by atoms with van der Waals surface area (Å²) in [4.78, 5) is 35.2. The Morgan fingerprint density at radius 1 is 1.04 bits per heavy atom. The molecule has 0 spiro atoms. The number of carbonyl (C=O) groups is 2. The second-order valence-electron chi connectivity index (χ2n) is 6.22. The zero-order valence-corrected chi connectivity index (χ0v) is 15.9. The van der Waals surface area contributed by atoms with Crippen LogP contribution < -0.4 is 14.8 Å². The van der Waals surface area contributed by atoms with Crippen LogP contribution in [-0.2, 0) is 21.3 Å². The summed E-state index contributed by atoms with van der Waals surface area (Å²) < 4.78 is 10.5. The van der Waals surface area contributed by atoms with Crippen molar-refractivity contribution < 1.29 is 28.9 Å². The van der Waals surface area contributed by atoms with Gasteiger partial charge in [-0.3, -0.25) is 9.59 Å². The number of β-lactam (4-membered cyclic amide) rings is 1. The van der Waals surface area contributed by atoms with Gasteiger partial charge in [0.2, 0.25) is 0 Å². The number of nitrogens with zero attached hydrogens (tertiary/aromatic N) is 1. The molecule has 3 rings (SSSR count). The third-order valence-corrected chi connectivity index (χ3v) is 4.48. The second-order valence-corrected chi connectivity index (χ2v) is 6.22. The van der Waals surface area contributed by atoms with Crippen LogP contribution in [0, 0.1) is 0 Å². The molecule has 0 bridgehead atoms. The number of hydroxylamine groups is 2. The smallest absolute Gasteiger partial charge is 0.273 e. The third kappa shape index (κ3) is 3.92. The maximum atomic E-state index is 12.7. The van der Waals surface area contributed by atoms with Crippen LogP contribution in [0.3, 0.4) is 0 Å². The molecule has 1 heterocycles. The molecule has 1 aliphatic rings. The molecule has 8 heteroatoms. The highest BCUT2D eigenvalue weighted by Crippen LogP contribution is 2.29. The Kier molecular flexibility index (Phi) is 6.13. The van der Waals surface area contributed by atoms with Crippen molar-refractivity contribution in [2.75, 3.05) is 14.2 Å². The Morgan fingerprint density at radius 2 is 1.68 bits per heavy atom. The number of amides is 2. The van der Waals surface area contributed by atoms with Crippen LogP contribution in [0.4, 0.5) is 0 Å². The fourth-order valence-corrected chi connectivity index (χ4v) is 2.90. The predicted molar refractivity (Wildman–Crippen MR) is 99.4 cm³/mol. The lowest BCUT2D eigenvalue weighted by molar-refractivity contribution is -0.438. The van der Waals surface area contributed by atoms with Gasteiger partial charge in [-0.05, 0) is 24.6 Å². The average Bonchev–Trinajstić information content (AvgIpc) is 2.74. The molecule has 8 nitrogen and oxygen atoms in total. The molecule has 148 valence electrons. The van der Waals surface area contributed by atoms with E-state index in [9.17, 15) is 9.59 Å². The van der Waals surface area contributed by atoms with Crippen molar-refractivity contribution in [1.29, 1.82) is 0 Å². The number of rotatable bonds is 8. The zero-order chi connectivity index (χ0) is 20.1. The lowest BCUT2D eigenvalue weighted by Crippen LogP contribution is -2.69. The van der Waals surface area contributed by atoms with Gasteiger partial charge >= 0.3 is 0 Å². The van der Waals surface area contributed by atoms with Crippen molar-refractivity contribution in [3.63, 3.8) is 0 Å². The fraction of sp³-hybridized carbons (Fsp3) is 0.300. The summed E-state index contributed by atoms with van der Waals surface area (Å²) in [6.07, 6.45) is 0. The number of hydrogen-bond acceptors (Lipinski definition) is 6. The summed E-state index contributed by atoms with van der Waals surface area (Å²) in [5.41, 5.74) is 1.14. The van der Waals surface area contributed by atoms with E-state index in [1.165, 1.54) is 14.2 Å². The highest BCUT2D eigenvalue weighted by molar-refractivity contribution is 6.03. The lowest BCUT2D eigenvalue weighted by atomic mass is 9.99. The van der Waals surface area contributed by atoms with Crippen molar-refractivity contribution in [3.05, 3.63) is 59.7 Å². The van der Waals surface area contributed by atoms with E-state index < -0.39 is 23.9 Å². The minimum absolute atomic E-state index is 0.201. The minimum Gasteiger partial charge on any atom is -0.496 e. The molecular weight excluding hydrogens is 364 g/mol. The summed E-state index contributed by atoms with van der Waals surface area (Å²) in [5.74, 6) is -0.154. The van der Waals surface area contributed by atoms with Gasteiger partial charge in [-0.25, -0.2) is 4.89 Å². The van der Waals surface area contributed by atoms with E-state index in [0.29, 0.717) is 11.5 Å². The molecule has 1 aliphatic heterocycles. The molecule has 0 aliphatic carbocycles. The zero-order valence-electron chi connectivity index (χ0n) is 15.9. The van der Waals surface area contributed by atoms with E-state index in [2.05, 4.69) is 5.32 Å². The van der Waals surface area contributed by atoms with Gasteiger partial charge in [0, 0.05) is 0 Å². The number of hydrogen-bond donors (Lipinski definition) is 1. The standard InChI is InChI=1S/C20H22N2O6/c1-13-18(20(24)22(13)28-27-12-14-8-5-4-6-9-14)21-19(23)17-15(25-2)10-7-11-16(17)26-3/h4-11,13,18H,12H2,1-3H3,(H,21,23)/t13-,18-/m0/s1. The molecule has 0 unspecified atom stereocenters. The summed E-state index contributed by atoms with van der Waals surface area (Å²) in [6, 6.07) is 13.3. The quantitative estimate of drug-likeness (QED) is 0.425. The van der Waals surface area contributed by atoms with Gasteiger partial charge in [0.25, 0.3) is 11.8 Å². The van der Waals surface area contributed by atoms with E-state index in [4.69, 9.17) is 19.3 Å². The van der Waals surface area contributed by atoms with Crippen molar-refractivity contribution in [2.24, 2.45) is 0 Å². The van der Waals surface area contributed by atoms with E-state index >= 15 is 0 Å². The molecule has 1 fully saturated rings. The first-order valence-electron chi connectivity index (χ1n) is 8.75. The van der Waals surface area contributed by atoms with Gasteiger partial charge in [-0.15, -0.1) is 4.99 Å². The first kappa shape index (κ1) is 19.7. The van der Waals surface area contributed by atoms with Crippen molar-refractivity contribution in [3.8, 4) is 11.5 Å². The summed E-state index contributed by atoms with van der Waals surface area (Å²) in [6.45, 7) is 1.95. The molecule has 1 saturated heterocycles. The van der Waals surface area contributed by atoms with Crippen LogP contribution in [-0.4, -0.2) is 43.2 Å². The Morgan fingerprint density at radius 3 is 2.25 bits per heavy atom. The van der Waals surface area contributed by atoms with Gasteiger partial charge in [0.05, 0.1) is 20.3 Å². The summed E-state index contributed by atoms with van der Waals surface area (Å²) in [5, 5.41) is 3.78. The number of benzene rings is 2. The monoisotopic (exact) mass is 386 g/mol. The van der Waals surface area contributed by atoms with Gasteiger partial charge in [0.1, 0.15) is 29.7 Å². The van der Waals surface area contributed by atoms with E-state index in [1.807, 2.05) is 30.3 Å².